The first-order chi connectivity index (χ1) is 11.5. The number of hydrogen-bond donors (Lipinski definition) is 0. The van der Waals surface area contributed by atoms with E-state index in [9.17, 15) is 9.59 Å². The van der Waals surface area contributed by atoms with Gasteiger partial charge < -0.3 is 4.74 Å². The van der Waals surface area contributed by atoms with Crippen molar-refractivity contribution in [3.63, 3.8) is 0 Å². The molecule has 1 aromatic rings. The Bertz CT molecular complexity index is 694. The first-order valence-electron chi connectivity index (χ1n) is 8.52. The molecule has 1 atom stereocenters. The van der Waals surface area contributed by atoms with Crippen LogP contribution in [0.3, 0.4) is 0 Å². The number of carbonyl (C=O) groups excluding carboxylic acids is 2. The molecule has 128 valence electrons. The molecule has 5 heteroatoms. The molecule has 0 aromatic heterocycles. The predicted octanol–water partition coefficient (Wildman–Crippen LogP) is 2.88. The second-order valence-electron chi connectivity index (χ2n) is 6.42. The number of ether oxygens (including phenoxy) is 1. The second kappa shape index (κ2) is 6.77. The number of ketones is 1. The highest BCUT2D eigenvalue weighted by molar-refractivity contribution is 6.01. The Kier molecular flexibility index (Phi) is 4.71. The molecule has 0 N–H and O–H groups in total. The van der Waals surface area contributed by atoms with Crippen LogP contribution in [-0.4, -0.2) is 42.4 Å². The molecule has 1 aromatic carbocycles. The maximum atomic E-state index is 12.7. The maximum absolute atomic E-state index is 12.7. The van der Waals surface area contributed by atoms with Crippen LogP contribution < -0.4 is 4.74 Å². The van der Waals surface area contributed by atoms with Crippen molar-refractivity contribution in [2.75, 3.05) is 20.7 Å². The van der Waals surface area contributed by atoms with Crippen LogP contribution in [0.1, 0.15) is 44.1 Å². The van der Waals surface area contributed by atoms with Crippen molar-refractivity contribution in [2.24, 2.45) is 0 Å². The third-order valence-electron chi connectivity index (χ3n) is 4.64. The summed E-state index contributed by atoms with van der Waals surface area (Å²) in [5.41, 5.74) is 2.60. The lowest BCUT2D eigenvalue weighted by Crippen LogP contribution is -2.47. The van der Waals surface area contributed by atoms with Crippen molar-refractivity contribution >= 4 is 11.7 Å². The lowest BCUT2D eigenvalue weighted by molar-refractivity contribution is -0.143. The summed E-state index contributed by atoms with van der Waals surface area (Å²) in [6.45, 7) is 2.49. The van der Waals surface area contributed by atoms with Crippen molar-refractivity contribution < 1.29 is 14.3 Å². The Morgan fingerprint density at radius 3 is 2.67 bits per heavy atom. The Balaban J connectivity index is 2.13. The molecule has 0 radical (unpaired) electrons. The summed E-state index contributed by atoms with van der Waals surface area (Å²) in [6.07, 6.45) is 2.42. The first kappa shape index (κ1) is 16.7. The summed E-state index contributed by atoms with van der Waals surface area (Å²) in [4.78, 5) is 25.4. The topological polar surface area (TPSA) is 49.9 Å². The predicted molar refractivity (Wildman–Crippen MR) is 91.4 cm³/mol. The summed E-state index contributed by atoms with van der Waals surface area (Å²) in [6, 6.07) is 7.74. The highest BCUT2D eigenvalue weighted by Gasteiger charge is 2.40. The van der Waals surface area contributed by atoms with Crippen molar-refractivity contribution in [1.29, 1.82) is 0 Å². The van der Waals surface area contributed by atoms with E-state index in [0.717, 1.165) is 35.4 Å². The Morgan fingerprint density at radius 2 is 1.96 bits per heavy atom. The summed E-state index contributed by atoms with van der Waals surface area (Å²) in [5.74, 6) is 0.747. The van der Waals surface area contributed by atoms with Gasteiger partial charge in [-0.15, -0.1) is 0 Å². The molecule has 5 nitrogen and oxygen atoms in total. The highest BCUT2D eigenvalue weighted by atomic mass is 16.5. The molecule has 1 aliphatic heterocycles. The van der Waals surface area contributed by atoms with Gasteiger partial charge in [0.1, 0.15) is 5.75 Å². The zero-order valence-electron chi connectivity index (χ0n) is 14.5. The quantitative estimate of drug-likeness (QED) is 0.853. The minimum Gasteiger partial charge on any atom is -0.494 e. The molecule has 0 saturated carbocycles. The minimum absolute atomic E-state index is 0.0322. The largest absolute Gasteiger partial charge is 0.494 e. The summed E-state index contributed by atoms with van der Waals surface area (Å²) in [5, 5.41) is 3.45. The molecule has 0 bridgehead atoms. The van der Waals surface area contributed by atoms with E-state index in [1.54, 1.807) is 10.0 Å². The van der Waals surface area contributed by atoms with Gasteiger partial charge in [-0.3, -0.25) is 9.59 Å². The zero-order valence-corrected chi connectivity index (χ0v) is 14.5. The van der Waals surface area contributed by atoms with Crippen LogP contribution in [0.4, 0.5) is 0 Å². The molecule has 1 amide bonds. The molecule has 3 rings (SSSR count). The number of amides is 1. The minimum atomic E-state index is -0.209. The van der Waals surface area contributed by atoms with Crippen molar-refractivity contribution in [1.82, 2.24) is 10.0 Å². The SMILES string of the molecule is CCOc1ccccc1[C@@H]1CC(=O)N(N(C)C)C2=C1C(=O)CCC2. The van der Waals surface area contributed by atoms with Gasteiger partial charge in [0.15, 0.2) is 5.78 Å². The monoisotopic (exact) mass is 328 g/mol. The third-order valence-corrected chi connectivity index (χ3v) is 4.64. The molecule has 0 saturated heterocycles. The lowest BCUT2D eigenvalue weighted by Gasteiger charge is -2.41. The van der Waals surface area contributed by atoms with Gasteiger partial charge in [-0.05, 0) is 25.8 Å². The van der Waals surface area contributed by atoms with E-state index in [2.05, 4.69) is 0 Å². The Labute approximate surface area is 142 Å². The van der Waals surface area contributed by atoms with Crippen LogP contribution in [0.15, 0.2) is 35.5 Å². The van der Waals surface area contributed by atoms with Crippen LogP contribution in [0.2, 0.25) is 0 Å². The maximum Gasteiger partial charge on any atom is 0.242 e. The molecule has 2 aliphatic rings. The van der Waals surface area contributed by atoms with Gasteiger partial charge in [0.25, 0.3) is 0 Å². The van der Waals surface area contributed by atoms with Crippen LogP contribution in [0.5, 0.6) is 5.75 Å². The lowest BCUT2D eigenvalue weighted by atomic mass is 9.77. The van der Waals surface area contributed by atoms with Gasteiger partial charge >= 0.3 is 0 Å². The van der Waals surface area contributed by atoms with Crippen LogP contribution >= 0.6 is 0 Å². The fraction of sp³-hybridized carbons (Fsp3) is 0.474. The first-order valence-corrected chi connectivity index (χ1v) is 8.52. The summed E-state index contributed by atoms with van der Waals surface area (Å²) >= 11 is 0. The van der Waals surface area contributed by atoms with E-state index in [1.807, 2.05) is 45.3 Å². The van der Waals surface area contributed by atoms with E-state index in [1.165, 1.54) is 0 Å². The number of Topliss-reactive ketones (excluding diaryl/α,β-unsaturated/α-hetero) is 1. The number of rotatable bonds is 4. The number of hydrazine groups is 1. The molecule has 0 fully saturated rings. The Hall–Kier alpha value is -2.14. The fourth-order valence-corrected chi connectivity index (χ4v) is 3.76. The molecule has 24 heavy (non-hydrogen) atoms. The van der Waals surface area contributed by atoms with Crippen LogP contribution in [-0.2, 0) is 9.59 Å². The molecule has 0 unspecified atom stereocenters. The van der Waals surface area contributed by atoms with Crippen molar-refractivity contribution in [3.05, 3.63) is 41.1 Å². The summed E-state index contributed by atoms with van der Waals surface area (Å²) < 4.78 is 5.75. The van der Waals surface area contributed by atoms with Gasteiger partial charge in [0.2, 0.25) is 5.91 Å². The van der Waals surface area contributed by atoms with Crippen molar-refractivity contribution in [2.45, 2.75) is 38.5 Å². The molecular formula is C19H24N2O3. The molecule has 0 spiro atoms. The molecular weight excluding hydrogens is 304 g/mol. The smallest absolute Gasteiger partial charge is 0.242 e. The van der Waals surface area contributed by atoms with E-state index in [-0.39, 0.29) is 17.6 Å². The average Bonchev–Trinajstić information content (AvgIpc) is 2.54. The number of benzene rings is 1. The normalized spacial score (nSPS) is 21.3. The average molecular weight is 328 g/mol. The van der Waals surface area contributed by atoms with E-state index in [0.29, 0.717) is 19.4 Å². The van der Waals surface area contributed by atoms with Gasteiger partial charge in [-0.1, -0.05) is 18.2 Å². The van der Waals surface area contributed by atoms with Gasteiger partial charge in [0.05, 0.1) is 6.61 Å². The number of hydrogen-bond acceptors (Lipinski definition) is 4. The number of carbonyl (C=O) groups is 2. The second-order valence-corrected chi connectivity index (χ2v) is 6.42. The van der Waals surface area contributed by atoms with Crippen LogP contribution in [0.25, 0.3) is 0 Å². The highest BCUT2D eigenvalue weighted by Crippen LogP contribution is 2.44. The van der Waals surface area contributed by atoms with Crippen LogP contribution in [0, 0.1) is 0 Å². The number of para-hydroxylation sites is 1. The standard InChI is InChI=1S/C19H24N2O3/c1-4-24-17-11-6-5-8-13(17)14-12-18(23)21(20(2)3)15-9-7-10-16(22)19(14)15/h5-6,8,11,14H,4,7,9-10,12H2,1-3H3/t14-/m0/s1. The van der Waals surface area contributed by atoms with E-state index < -0.39 is 0 Å². The van der Waals surface area contributed by atoms with Gasteiger partial charge in [-0.25, -0.2) is 10.0 Å². The molecule has 1 aliphatic carbocycles. The van der Waals surface area contributed by atoms with E-state index in [4.69, 9.17) is 4.74 Å². The number of allylic oxidation sites excluding steroid dienone is 2. The van der Waals surface area contributed by atoms with Crippen molar-refractivity contribution in [3.8, 4) is 5.75 Å². The summed E-state index contributed by atoms with van der Waals surface area (Å²) in [7, 11) is 3.69. The molecule has 1 heterocycles. The Morgan fingerprint density at radius 1 is 1.21 bits per heavy atom. The number of nitrogens with zero attached hydrogens (tertiary/aromatic N) is 2. The van der Waals surface area contributed by atoms with Gasteiger partial charge in [0, 0.05) is 49.7 Å². The van der Waals surface area contributed by atoms with Gasteiger partial charge in [-0.2, -0.15) is 0 Å². The fourth-order valence-electron chi connectivity index (χ4n) is 3.76. The zero-order chi connectivity index (χ0) is 17.3. The van der Waals surface area contributed by atoms with E-state index >= 15 is 0 Å². The third kappa shape index (κ3) is 2.84.